The summed E-state index contributed by atoms with van der Waals surface area (Å²) in [5, 5.41) is 10.0. The molecule has 1 N–H and O–H groups in total. The van der Waals surface area contributed by atoms with Crippen molar-refractivity contribution in [3.63, 3.8) is 0 Å². The second-order valence-electron chi connectivity index (χ2n) is 4.29. The Morgan fingerprint density at radius 1 is 1.33 bits per heavy atom. The quantitative estimate of drug-likeness (QED) is 0.842. The molecule has 0 spiro atoms. The van der Waals surface area contributed by atoms with E-state index in [1.54, 1.807) is 10.8 Å². The van der Waals surface area contributed by atoms with Gasteiger partial charge in [-0.05, 0) is 19.4 Å². The number of hydrogen-bond acceptors (Lipinski definition) is 2. The summed E-state index contributed by atoms with van der Waals surface area (Å²) in [6.07, 6.45) is 2.13. The highest BCUT2D eigenvalue weighted by atomic mass is 16.4. The minimum Gasteiger partial charge on any atom is -0.480 e. The van der Waals surface area contributed by atoms with Crippen LogP contribution in [0.1, 0.15) is 36.7 Å². The van der Waals surface area contributed by atoms with E-state index in [-0.39, 0.29) is 5.78 Å². The Morgan fingerprint density at radius 3 is 2.56 bits per heavy atom. The van der Waals surface area contributed by atoms with Crippen LogP contribution in [0.15, 0.2) is 30.5 Å². The summed E-state index contributed by atoms with van der Waals surface area (Å²) in [5.74, 6) is -0.932. The van der Waals surface area contributed by atoms with Gasteiger partial charge < -0.3 is 9.67 Å². The lowest BCUT2D eigenvalue weighted by atomic mass is 10.1. The number of Topliss-reactive ketones (excluding diaryl/α,β-unsaturated/α-hetero) is 1. The molecule has 1 atom stereocenters. The molecule has 0 amide bonds. The van der Waals surface area contributed by atoms with Gasteiger partial charge in [-0.25, -0.2) is 4.79 Å². The van der Waals surface area contributed by atoms with Gasteiger partial charge in [0.15, 0.2) is 5.78 Å². The fourth-order valence-corrected chi connectivity index (χ4v) is 2.23. The molecule has 1 aromatic carbocycles. The third-order valence-electron chi connectivity index (χ3n) is 3.13. The maximum absolute atomic E-state index is 11.6. The van der Waals surface area contributed by atoms with Gasteiger partial charge in [-0.1, -0.05) is 25.1 Å². The van der Waals surface area contributed by atoms with E-state index in [2.05, 4.69) is 0 Å². The lowest BCUT2D eigenvalue weighted by molar-refractivity contribution is -0.140. The number of ketones is 1. The van der Waals surface area contributed by atoms with Crippen LogP contribution in [-0.2, 0) is 4.79 Å². The normalized spacial score (nSPS) is 12.6. The second kappa shape index (κ2) is 4.64. The van der Waals surface area contributed by atoms with Crippen LogP contribution in [0.5, 0.6) is 0 Å². The van der Waals surface area contributed by atoms with E-state index in [1.165, 1.54) is 6.92 Å². The van der Waals surface area contributed by atoms with Crippen molar-refractivity contribution < 1.29 is 14.7 Å². The van der Waals surface area contributed by atoms with Crippen molar-refractivity contribution in [3.8, 4) is 0 Å². The van der Waals surface area contributed by atoms with Crippen molar-refractivity contribution in [2.75, 3.05) is 0 Å². The van der Waals surface area contributed by atoms with Crippen LogP contribution in [0.4, 0.5) is 0 Å². The molecule has 1 aromatic heterocycles. The fraction of sp³-hybridized carbons (Fsp3) is 0.286. The molecule has 1 heterocycles. The molecule has 0 saturated carbocycles. The Labute approximate surface area is 105 Å². The van der Waals surface area contributed by atoms with Crippen LogP contribution >= 0.6 is 0 Å². The van der Waals surface area contributed by atoms with Crippen LogP contribution < -0.4 is 0 Å². The minimum absolute atomic E-state index is 0.0507. The van der Waals surface area contributed by atoms with Gasteiger partial charge in [-0.15, -0.1) is 0 Å². The largest absolute Gasteiger partial charge is 0.480 e. The summed E-state index contributed by atoms with van der Waals surface area (Å²) in [5.41, 5.74) is 1.36. The maximum atomic E-state index is 11.6. The standard InChI is InChI=1S/C14H15NO3/c1-3-12(14(17)18)15-8-11(9(2)16)10-6-4-5-7-13(10)15/h4-8,12H,3H2,1-2H3,(H,17,18)/t12-/m1/s1. The average molecular weight is 245 g/mol. The molecule has 0 aliphatic heterocycles. The van der Waals surface area contributed by atoms with Crippen molar-refractivity contribution >= 4 is 22.7 Å². The summed E-state index contributed by atoms with van der Waals surface area (Å²) < 4.78 is 1.67. The van der Waals surface area contributed by atoms with Gasteiger partial charge in [0.2, 0.25) is 0 Å². The van der Waals surface area contributed by atoms with Gasteiger partial charge in [0.05, 0.1) is 0 Å². The Balaban J connectivity index is 2.71. The van der Waals surface area contributed by atoms with Crippen LogP contribution in [-0.4, -0.2) is 21.4 Å². The summed E-state index contributed by atoms with van der Waals surface area (Å²) in [6.45, 7) is 3.31. The van der Waals surface area contributed by atoms with E-state index < -0.39 is 12.0 Å². The highest BCUT2D eigenvalue weighted by molar-refractivity contribution is 6.07. The van der Waals surface area contributed by atoms with Crippen molar-refractivity contribution in [2.45, 2.75) is 26.3 Å². The number of rotatable bonds is 4. The first-order valence-corrected chi connectivity index (χ1v) is 5.89. The molecule has 94 valence electrons. The van der Waals surface area contributed by atoms with Crippen molar-refractivity contribution in [1.29, 1.82) is 0 Å². The Kier molecular flexibility index (Phi) is 3.19. The molecule has 2 aromatic rings. The number of carboxylic acid groups (broad SMARTS) is 1. The van der Waals surface area contributed by atoms with Crippen molar-refractivity contribution in [3.05, 3.63) is 36.0 Å². The van der Waals surface area contributed by atoms with Gasteiger partial charge >= 0.3 is 5.97 Å². The first kappa shape index (κ1) is 12.4. The maximum Gasteiger partial charge on any atom is 0.326 e. The number of benzene rings is 1. The highest BCUT2D eigenvalue weighted by Crippen LogP contribution is 2.26. The predicted octanol–water partition coefficient (Wildman–Crippen LogP) is 2.88. The molecule has 18 heavy (non-hydrogen) atoms. The molecular weight excluding hydrogens is 230 g/mol. The van der Waals surface area contributed by atoms with Gasteiger partial charge in [0, 0.05) is 22.7 Å². The topological polar surface area (TPSA) is 59.3 Å². The number of carbonyl (C=O) groups is 2. The third-order valence-corrected chi connectivity index (χ3v) is 3.13. The zero-order chi connectivity index (χ0) is 13.3. The van der Waals surface area contributed by atoms with Gasteiger partial charge in [-0.2, -0.15) is 0 Å². The van der Waals surface area contributed by atoms with E-state index in [0.717, 1.165) is 10.9 Å². The molecule has 0 aliphatic rings. The Bertz CT molecular complexity index is 613. The van der Waals surface area contributed by atoms with Crippen LogP contribution in [0.25, 0.3) is 10.9 Å². The fourth-order valence-electron chi connectivity index (χ4n) is 2.23. The van der Waals surface area contributed by atoms with Crippen molar-refractivity contribution in [2.24, 2.45) is 0 Å². The third kappa shape index (κ3) is 1.90. The minimum atomic E-state index is -0.881. The van der Waals surface area contributed by atoms with Gasteiger partial charge in [0.1, 0.15) is 6.04 Å². The lowest BCUT2D eigenvalue weighted by Crippen LogP contribution is -2.17. The molecule has 0 aliphatic carbocycles. The average Bonchev–Trinajstić information content (AvgIpc) is 2.70. The number of hydrogen-bond donors (Lipinski definition) is 1. The molecule has 2 rings (SSSR count). The molecule has 4 nitrogen and oxygen atoms in total. The SMILES string of the molecule is CC[C@H](C(=O)O)n1cc(C(C)=O)c2ccccc21. The number of nitrogens with zero attached hydrogens (tertiary/aromatic N) is 1. The van der Waals surface area contributed by atoms with E-state index in [0.29, 0.717) is 12.0 Å². The highest BCUT2D eigenvalue weighted by Gasteiger charge is 2.21. The second-order valence-corrected chi connectivity index (χ2v) is 4.29. The van der Waals surface area contributed by atoms with Gasteiger partial charge in [-0.3, -0.25) is 4.79 Å². The molecule has 4 heteroatoms. The lowest BCUT2D eigenvalue weighted by Gasteiger charge is -2.13. The van der Waals surface area contributed by atoms with Crippen LogP contribution in [0, 0.1) is 0 Å². The number of para-hydroxylation sites is 1. The van der Waals surface area contributed by atoms with Crippen LogP contribution in [0.3, 0.4) is 0 Å². The molecule has 0 unspecified atom stereocenters. The zero-order valence-electron chi connectivity index (χ0n) is 10.4. The summed E-state index contributed by atoms with van der Waals surface area (Å²) in [4.78, 5) is 22.8. The van der Waals surface area contributed by atoms with E-state index in [1.807, 2.05) is 31.2 Å². The van der Waals surface area contributed by atoms with Crippen LogP contribution in [0.2, 0.25) is 0 Å². The first-order valence-electron chi connectivity index (χ1n) is 5.89. The Hall–Kier alpha value is -2.10. The van der Waals surface area contributed by atoms with E-state index in [4.69, 9.17) is 0 Å². The molecule has 0 bridgehead atoms. The first-order chi connectivity index (χ1) is 8.56. The van der Waals surface area contributed by atoms with Gasteiger partial charge in [0.25, 0.3) is 0 Å². The number of carbonyl (C=O) groups excluding carboxylic acids is 1. The molecule has 0 fully saturated rings. The Morgan fingerprint density at radius 2 is 2.00 bits per heavy atom. The smallest absolute Gasteiger partial charge is 0.326 e. The summed E-state index contributed by atoms with van der Waals surface area (Å²) in [6, 6.07) is 6.74. The summed E-state index contributed by atoms with van der Waals surface area (Å²) in [7, 11) is 0. The van der Waals surface area contributed by atoms with Crippen molar-refractivity contribution in [1.82, 2.24) is 4.57 Å². The number of aliphatic carboxylic acids is 1. The number of aromatic nitrogens is 1. The molecule has 0 radical (unpaired) electrons. The molecular formula is C14H15NO3. The predicted molar refractivity (Wildman–Crippen MR) is 68.9 cm³/mol. The van der Waals surface area contributed by atoms with E-state index in [9.17, 15) is 14.7 Å². The number of fused-ring (bicyclic) bond motifs is 1. The number of carboxylic acids is 1. The summed E-state index contributed by atoms with van der Waals surface area (Å²) >= 11 is 0. The zero-order valence-corrected chi connectivity index (χ0v) is 10.4. The van der Waals surface area contributed by atoms with E-state index >= 15 is 0 Å². The molecule has 0 saturated heterocycles. The monoisotopic (exact) mass is 245 g/mol.